The second-order valence-electron chi connectivity index (χ2n) is 4.60. The van der Waals surface area contributed by atoms with Crippen molar-refractivity contribution in [1.82, 2.24) is 5.32 Å². The summed E-state index contributed by atoms with van der Waals surface area (Å²) in [5, 5.41) is 6.21. The van der Waals surface area contributed by atoms with Crippen LogP contribution < -0.4 is 10.6 Å². The van der Waals surface area contributed by atoms with Crippen LogP contribution in [-0.4, -0.2) is 18.0 Å². The van der Waals surface area contributed by atoms with Gasteiger partial charge in [0.05, 0.1) is 0 Å². The normalized spacial score (nSPS) is 13.8. The van der Waals surface area contributed by atoms with Crippen molar-refractivity contribution < 1.29 is 4.79 Å². The molecule has 1 aromatic rings. The molecule has 0 saturated carbocycles. The molecule has 0 saturated heterocycles. The van der Waals surface area contributed by atoms with E-state index in [2.05, 4.69) is 33.5 Å². The van der Waals surface area contributed by atoms with Crippen molar-refractivity contribution in [3.05, 3.63) is 28.2 Å². The summed E-state index contributed by atoms with van der Waals surface area (Å²) in [7, 11) is 0. The number of benzene rings is 1. The first-order valence-electron chi connectivity index (χ1n) is 6.27. The van der Waals surface area contributed by atoms with Crippen LogP contribution in [0.2, 0.25) is 0 Å². The summed E-state index contributed by atoms with van der Waals surface area (Å²) in [5.41, 5.74) is 2.09. The van der Waals surface area contributed by atoms with Gasteiger partial charge in [0.15, 0.2) is 0 Å². The largest absolute Gasteiger partial charge is 0.374 e. The van der Waals surface area contributed by atoms with Gasteiger partial charge in [-0.3, -0.25) is 4.79 Å². The standard InChI is InChI=1S/C14H21BrN2O/c1-5-9(2)16-14(18)11(4)17-13-8-6-7-12(15)10(13)3/h6-9,11,17H,5H2,1-4H3,(H,16,18). The topological polar surface area (TPSA) is 41.1 Å². The van der Waals surface area contributed by atoms with E-state index in [4.69, 9.17) is 0 Å². The monoisotopic (exact) mass is 312 g/mol. The molecule has 100 valence electrons. The van der Waals surface area contributed by atoms with Gasteiger partial charge in [0.2, 0.25) is 5.91 Å². The average Bonchev–Trinajstić information content (AvgIpc) is 2.34. The molecule has 2 atom stereocenters. The Labute approximate surface area is 117 Å². The molecule has 1 aromatic carbocycles. The molecule has 1 rings (SSSR count). The van der Waals surface area contributed by atoms with E-state index >= 15 is 0 Å². The molecule has 3 nitrogen and oxygen atoms in total. The molecule has 0 aliphatic heterocycles. The molecular formula is C14H21BrN2O. The van der Waals surface area contributed by atoms with E-state index in [-0.39, 0.29) is 18.0 Å². The zero-order valence-electron chi connectivity index (χ0n) is 11.4. The van der Waals surface area contributed by atoms with E-state index in [1.807, 2.05) is 39.0 Å². The van der Waals surface area contributed by atoms with E-state index in [0.29, 0.717) is 0 Å². The maximum absolute atomic E-state index is 11.9. The predicted octanol–water partition coefficient (Wildman–Crippen LogP) is 3.47. The lowest BCUT2D eigenvalue weighted by Gasteiger charge is -2.19. The molecular weight excluding hydrogens is 292 g/mol. The number of rotatable bonds is 5. The first-order chi connectivity index (χ1) is 8.45. The van der Waals surface area contributed by atoms with E-state index in [1.54, 1.807) is 0 Å². The summed E-state index contributed by atoms with van der Waals surface area (Å²) in [5.74, 6) is 0.0312. The van der Waals surface area contributed by atoms with Gasteiger partial charge in [-0.2, -0.15) is 0 Å². The third-order valence-electron chi connectivity index (χ3n) is 3.03. The van der Waals surface area contributed by atoms with Gasteiger partial charge >= 0.3 is 0 Å². The fraction of sp³-hybridized carbons (Fsp3) is 0.500. The van der Waals surface area contributed by atoms with Gasteiger partial charge in [-0.25, -0.2) is 0 Å². The highest BCUT2D eigenvalue weighted by Crippen LogP contribution is 2.23. The second-order valence-corrected chi connectivity index (χ2v) is 5.45. The highest BCUT2D eigenvalue weighted by molar-refractivity contribution is 9.10. The summed E-state index contributed by atoms with van der Waals surface area (Å²) in [6.45, 7) is 7.96. The van der Waals surface area contributed by atoms with Crippen LogP contribution in [0.1, 0.15) is 32.8 Å². The Morgan fingerprint density at radius 3 is 2.67 bits per heavy atom. The number of nitrogens with one attached hydrogen (secondary N) is 2. The van der Waals surface area contributed by atoms with Crippen LogP contribution in [0.25, 0.3) is 0 Å². The first-order valence-corrected chi connectivity index (χ1v) is 7.07. The van der Waals surface area contributed by atoms with Gasteiger partial charge in [0.1, 0.15) is 6.04 Å². The Bertz CT molecular complexity index is 420. The molecule has 0 aliphatic carbocycles. The SMILES string of the molecule is CCC(C)NC(=O)C(C)Nc1cccc(Br)c1C. The fourth-order valence-corrected chi connectivity index (χ4v) is 1.90. The van der Waals surface area contributed by atoms with Crippen molar-refractivity contribution in [2.24, 2.45) is 0 Å². The molecule has 0 fully saturated rings. The summed E-state index contributed by atoms with van der Waals surface area (Å²) in [6, 6.07) is 5.90. The number of anilines is 1. The quantitative estimate of drug-likeness (QED) is 0.874. The predicted molar refractivity (Wildman–Crippen MR) is 79.9 cm³/mol. The zero-order chi connectivity index (χ0) is 13.7. The third-order valence-corrected chi connectivity index (χ3v) is 3.89. The molecule has 1 amide bonds. The van der Waals surface area contributed by atoms with E-state index in [1.165, 1.54) is 0 Å². The molecule has 0 bridgehead atoms. The van der Waals surface area contributed by atoms with Crippen molar-refractivity contribution in [3.8, 4) is 0 Å². The van der Waals surface area contributed by atoms with Crippen LogP contribution in [-0.2, 0) is 4.79 Å². The number of carbonyl (C=O) groups is 1. The maximum atomic E-state index is 11.9. The van der Waals surface area contributed by atoms with Crippen LogP contribution >= 0.6 is 15.9 Å². The molecule has 0 aliphatic rings. The Morgan fingerprint density at radius 2 is 2.06 bits per heavy atom. The van der Waals surface area contributed by atoms with Gasteiger partial charge in [0.25, 0.3) is 0 Å². The summed E-state index contributed by atoms with van der Waals surface area (Å²) < 4.78 is 1.04. The highest BCUT2D eigenvalue weighted by Gasteiger charge is 2.15. The van der Waals surface area contributed by atoms with Crippen LogP contribution in [0.4, 0.5) is 5.69 Å². The van der Waals surface area contributed by atoms with Gasteiger partial charge in [-0.15, -0.1) is 0 Å². The first kappa shape index (κ1) is 15.0. The second kappa shape index (κ2) is 6.78. The van der Waals surface area contributed by atoms with Gasteiger partial charge in [-0.05, 0) is 44.9 Å². The molecule has 4 heteroatoms. The van der Waals surface area contributed by atoms with Crippen LogP contribution in [0.5, 0.6) is 0 Å². The van der Waals surface area contributed by atoms with Crippen molar-refractivity contribution in [2.45, 2.75) is 46.2 Å². The van der Waals surface area contributed by atoms with E-state index < -0.39 is 0 Å². The van der Waals surface area contributed by atoms with Crippen LogP contribution in [0, 0.1) is 6.92 Å². The molecule has 0 heterocycles. The molecule has 2 N–H and O–H groups in total. The minimum atomic E-state index is -0.244. The van der Waals surface area contributed by atoms with Gasteiger partial charge in [0, 0.05) is 16.2 Å². The molecule has 2 unspecified atom stereocenters. The summed E-state index contributed by atoms with van der Waals surface area (Å²) in [6.07, 6.45) is 0.939. The fourth-order valence-electron chi connectivity index (χ4n) is 1.53. The molecule has 0 aromatic heterocycles. The lowest BCUT2D eigenvalue weighted by atomic mass is 10.1. The van der Waals surface area contributed by atoms with Crippen molar-refractivity contribution in [1.29, 1.82) is 0 Å². The number of halogens is 1. The van der Waals surface area contributed by atoms with Crippen LogP contribution in [0.3, 0.4) is 0 Å². The Morgan fingerprint density at radius 1 is 1.39 bits per heavy atom. The Kier molecular flexibility index (Phi) is 5.66. The number of hydrogen-bond donors (Lipinski definition) is 2. The smallest absolute Gasteiger partial charge is 0.242 e. The van der Waals surface area contributed by atoms with Gasteiger partial charge in [-0.1, -0.05) is 28.9 Å². The molecule has 0 radical (unpaired) electrons. The minimum absolute atomic E-state index is 0.0312. The van der Waals surface area contributed by atoms with Crippen molar-refractivity contribution in [3.63, 3.8) is 0 Å². The van der Waals surface area contributed by atoms with E-state index in [0.717, 1.165) is 22.1 Å². The lowest BCUT2D eigenvalue weighted by molar-refractivity contribution is -0.122. The molecule has 18 heavy (non-hydrogen) atoms. The maximum Gasteiger partial charge on any atom is 0.242 e. The third kappa shape index (κ3) is 4.02. The van der Waals surface area contributed by atoms with Crippen molar-refractivity contribution >= 4 is 27.5 Å². The average molecular weight is 313 g/mol. The lowest BCUT2D eigenvalue weighted by Crippen LogP contribution is -2.41. The summed E-state index contributed by atoms with van der Waals surface area (Å²) >= 11 is 3.48. The Hall–Kier alpha value is -1.03. The number of hydrogen-bond acceptors (Lipinski definition) is 2. The van der Waals surface area contributed by atoms with Gasteiger partial charge < -0.3 is 10.6 Å². The number of amides is 1. The highest BCUT2D eigenvalue weighted by atomic mass is 79.9. The molecule has 0 spiro atoms. The van der Waals surface area contributed by atoms with Crippen molar-refractivity contribution in [2.75, 3.05) is 5.32 Å². The van der Waals surface area contributed by atoms with E-state index in [9.17, 15) is 4.79 Å². The van der Waals surface area contributed by atoms with Crippen LogP contribution in [0.15, 0.2) is 22.7 Å². The zero-order valence-corrected chi connectivity index (χ0v) is 13.0. The summed E-state index contributed by atoms with van der Waals surface area (Å²) in [4.78, 5) is 11.9. The number of carbonyl (C=O) groups excluding carboxylic acids is 1. The minimum Gasteiger partial charge on any atom is -0.374 e. The Balaban J connectivity index is 2.67.